The minimum absolute atomic E-state index is 0.0202. The molecular weight excluding hydrogens is 350 g/mol. The van der Waals surface area contributed by atoms with Crippen LogP contribution in [0.4, 0.5) is 0 Å². The van der Waals surface area contributed by atoms with Crippen molar-refractivity contribution in [2.45, 2.75) is 12.5 Å². The molecule has 6 nitrogen and oxygen atoms in total. The zero-order valence-electron chi connectivity index (χ0n) is 14.4. The minimum Gasteiger partial charge on any atom is -0.331 e. The second-order valence-corrected chi connectivity index (χ2v) is 8.45. The van der Waals surface area contributed by atoms with Crippen LogP contribution in [0.25, 0.3) is 11.8 Å². The third-order valence-corrected chi connectivity index (χ3v) is 6.05. The first kappa shape index (κ1) is 18.1. The van der Waals surface area contributed by atoms with E-state index in [1.54, 1.807) is 27.9 Å². The summed E-state index contributed by atoms with van der Waals surface area (Å²) in [7, 11) is -3.05. The van der Waals surface area contributed by atoms with Gasteiger partial charge in [-0.05, 0) is 24.6 Å². The number of aromatic nitrogens is 2. The molecule has 0 saturated carbocycles. The average Bonchev–Trinajstić information content (AvgIpc) is 3.24. The van der Waals surface area contributed by atoms with Gasteiger partial charge >= 0.3 is 0 Å². The zero-order valence-corrected chi connectivity index (χ0v) is 15.2. The molecule has 1 aliphatic heterocycles. The first-order valence-corrected chi connectivity index (χ1v) is 10.2. The van der Waals surface area contributed by atoms with E-state index in [1.165, 1.54) is 6.08 Å². The van der Waals surface area contributed by atoms with E-state index in [4.69, 9.17) is 0 Å². The monoisotopic (exact) mass is 371 g/mol. The third kappa shape index (κ3) is 4.29. The highest BCUT2D eigenvalue weighted by Gasteiger charge is 2.33. The second kappa shape index (κ2) is 7.70. The Hall–Kier alpha value is -2.67. The van der Waals surface area contributed by atoms with Gasteiger partial charge in [0.1, 0.15) is 0 Å². The van der Waals surface area contributed by atoms with Crippen LogP contribution in [0, 0.1) is 0 Å². The van der Waals surface area contributed by atoms with Crippen molar-refractivity contribution in [3.05, 3.63) is 67.0 Å². The Labute approximate surface area is 153 Å². The Balaban J connectivity index is 1.71. The molecule has 136 valence electrons. The van der Waals surface area contributed by atoms with Gasteiger partial charge in [0, 0.05) is 30.4 Å². The molecule has 1 fully saturated rings. The van der Waals surface area contributed by atoms with E-state index in [2.05, 4.69) is 11.7 Å². The molecule has 0 radical (unpaired) electrons. The molecule has 26 heavy (non-hydrogen) atoms. The van der Waals surface area contributed by atoms with Gasteiger partial charge in [0.05, 0.1) is 23.4 Å². The van der Waals surface area contributed by atoms with Gasteiger partial charge in [-0.2, -0.15) is 5.10 Å². The molecule has 1 saturated heterocycles. The molecule has 3 rings (SSSR count). The van der Waals surface area contributed by atoms with Crippen LogP contribution in [-0.2, 0) is 14.6 Å². The van der Waals surface area contributed by atoms with Crippen LogP contribution in [0.5, 0.6) is 0 Å². The van der Waals surface area contributed by atoms with Gasteiger partial charge in [-0.1, -0.05) is 24.3 Å². The molecule has 1 atom stereocenters. The summed E-state index contributed by atoms with van der Waals surface area (Å²) in [5.74, 6) is -0.0714. The van der Waals surface area contributed by atoms with E-state index in [9.17, 15) is 13.2 Å². The Kier molecular flexibility index (Phi) is 5.37. The lowest BCUT2D eigenvalue weighted by molar-refractivity contribution is -0.127. The number of rotatable bonds is 6. The van der Waals surface area contributed by atoms with E-state index in [-0.39, 0.29) is 23.5 Å². The molecule has 2 aromatic rings. The molecule has 0 N–H and O–H groups in total. The standard InChI is InChI=1S/C19H21N3O3S/c1-2-11-21(18-10-12-26(24,25)15-18)19(23)9-8-16-13-20-22(14-16)17-6-4-3-5-7-17/h2-9,13-14,18H,1,10-12,15H2/b9-8+/t18-/m1/s1. The van der Waals surface area contributed by atoms with Crippen molar-refractivity contribution in [1.29, 1.82) is 0 Å². The molecule has 0 spiro atoms. The van der Waals surface area contributed by atoms with Gasteiger partial charge < -0.3 is 4.90 Å². The van der Waals surface area contributed by atoms with Crippen molar-refractivity contribution in [2.75, 3.05) is 18.1 Å². The summed E-state index contributed by atoms with van der Waals surface area (Å²) in [5.41, 5.74) is 1.72. The van der Waals surface area contributed by atoms with Gasteiger partial charge in [0.25, 0.3) is 0 Å². The highest BCUT2D eigenvalue weighted by Crippen LogP contribution is 2.18. The van der Waals surface area contributed by atoms with Crippen molar-refractivity contribution >= 4 is 21.8 Å². The van der Waals surface area contributed by atoms with Crippen LogP contribution in [0.1, 0.15) is 12.0 Å². The number of hydrogen-bond acceptors (Lipinski definition) is 4. The quantitative estimate of drug-likeness (QED) is 0.576. The summed E-state index contributed by atoms with van der Waals surface area (Å²) < 4.78 is 25.1. The number of sulfone groups is 1. The average molecular weight is 371 g/mol. The summed E-state index contributed by atoms with van der Waals surface area (Å²) in [4.78, 5) is 14.1. The SMILES string of the molecule is C=CCN(C(=O)/C=C/c1cnn(-c2ccccc2)c1)[C@@H]1CCS(=O)(=O)C1. The lowest BCUT2D eigenvalue weighted by atomic mass is 10.2. The van der Waals surface area contributed by atoms with Crippen molar-refractivity contribution in [3.63, 3.8) is 0 Å². The molecule has 0 bridgehead atoms. The van der Waals surface area contributed by atoms with Crippen molar-refractivity contribution in [3.8, 4) is 5.69 Å². The number of nitrogens with zero attached hydrogens (tertiary/aromatic N) is 3. The molecule has 1 aromatic heterocycles. The molecule has 7 heteroatoms. The van der Waals surface area contributed by atoms with Gasteiger partial charge in [-0.3, -0.25) is 4.79 Å². The fourth-order valence-corrected chi connectivity index (χ4v) is 4.72. The highest BCUT2D eigenvalue weighted by molar-refractivity contribution is 7.91. The van der Waals surface area contributed by atoms with Crippen LogP contribution in [-0.4, -0.2) is 53.1 Å². The number of hydrogen-bond donors (Lipinski definition) is 0. The molecule has 1 amide bonds. The van der Waals surface area contributed by atoms with Crippen molar-refractivity contribution in [2.24, 2.45) is 0 Å². The summed E-state index contributed by atoms with van der Waals surface area (Å²) in [6.07, 6.45) is 8.74. The van der Waals surface area contributed by atoms with Crippen LogP contribution in [0.15, 0.2) is 61.5 Å². The zero-order chi connectivity index (χ0) is 18.6. The van der Waals surface area contributed by atoms with Crippen LogP contribution >= 0.6 is 0 Å². The van der Waals surface area contributed by atoms with E-state index in [1.807, 2.05) is 36.5 Å². The van der Waals surface area contributed by atoms with E-state index in [0.717, 1.165) is 11.3 Å². The van der Waals surface area contributed by atoms with E-state index >= 15 is 0 Å². The Bertz CT molecular complexity index is 917. The smallest absolute Gasteiger partial charge is 0.247 e. The van der Waals surface area contributed by atoms with Crippen LogP contribution < -0.4 is 0 Å². The largest absolute Gasteiger partial charge is 0.331 e. The minimum atomic E-state index is -3.05. The molecule has 1 aliphatic rings. The van der Waals surface area contributed by atoms with Crippen molar-refractivity contribution in [1.82, 2.24) is 14.7 Å². The Morgan fingerprint density at radius 2 is 2.12 bits per heavy atom. The summed E-state index contributed by atoms with van der Waals surface area (Å²) in [6.45, 7) is 3.99. The lowest BCUT2D eigenvalue weighted by Gasteiger charge is -2.25. The number of benzene rings is 1. The van der Waals surface area contributed by atoms with Gasteiger partial charge in [0.2, 0.25) is 5.91 Å². The topological polar surface area (TPSA) is 72.3 Å². The van der Waals surface area contributed by atoms with E-state index in [0.29, 0.717) is 13.0 Å². The Morgan fingerprint density at radius 3 is 2.77 bits per heavy atom. The first-order valence-electron chi connectivity index (χ1n) is 8.38. The molecule has 1 aromatic carbocycles. The predicted molar refractivity (Wildman–Crippen MR) is 102 cm³/mol. The molecule has 0 unspecified atom stereocenters. The summed E-state index contributed by atoms with van der Waals surface area (Å²) >= 11 is 0. The maximum absolute atomic E-state index is 12.6. The summed E-state index contributed by atoms with van der Waals surface area (Å²) in [5, 5.41) is 4.29. The fourth-order valence-electron chi connectivity index (χ4n) is 2.99. The molecular formula is C19H21N3O3S. The van der Waals surface area contributed by atoms with Crippen LogP contribution in [0.3, 0.4) is 0 Å². The summed E-state index contributed by atoms with van der Waals surface area (Å²) in [6, 6.07) is 9.39. The van der Waals surface area contributed by atoms with Crippen LogP contribution in [0.2, 0.25) is 0 Å². The van der Waals surface area contributed by atoms with Gasteiger partial charge in [-0.15, -0.1) is 6.58 Å². The Morgan fingerprint density at radius 1 is 1.35 bits per heavy atom. The van der Waals surface area contributed by atoms with Gasteiger partial charge in [0.15, 0.2) is 9.84 Å². The maximum Gasteiger partial charge on any atom is 0.247 e. The number of carbonyl (C=O) groups excluding carboxylic acids is 1. The molecule has 2 heterocycles. The number of amides is 1. The highest BCUT2D eigenvalue weighted by atomic mass is 32.2. The maximum atomic E-state index is 12.6. The number of carbonyl (C=O) groups is 1. The lowest BCUT2D eigenvalue weighted by Crippen LogP contribution is -2.40. The fraction of sp³-hybridized carbons (Fsp3) is 0.263. The normalized spacial score (nSPS) is 18.8. The number of para-hydroxylation sites is 1. The molecule has 0 aliphatic carbocycles. The van der Waals surface area contributed by atoms with E-state index < -0.39 is 9.84 Å². The van der Waals surface area contributed by atoms with Gasteiger partial charge in [-0.25, -0.2) is 13.1 Å². The third-order valence-electron chi connectivity index (χ3n) is 4.30. The predicted octanol–water partition coefficient (Wildman–Crippen LogP) is 2.09. The van der Waals surface area contributed by atoms with Crippen molar-refractivity contribution < 1.29 is 13.2 Å². The first-order chi connectivity index (χ1) is 12.5. The second-order valence-electron chi connectivity index (χ2n) is 6.22.